The second-order valence-electron chi connectivity index (χ2n) is 5.11. The summed E-state index contributed by atoms with van der Waals surface area (Å²) < 4.78 is 0. The highest BCUT2D eigenvalue weighted by molar-refractivity contribution is 5.81. The summed E-state index contributed by atoms with van der Waals surface area (Å²) in [5, 5.41) is 0. The summed E-state index contributed by atoms with van der Waals surface area (Å²) in [6.45, 7) is 10.2. The molecule has 0 aromatic rings. The predicted octanol–water partition coefficient (Wildman–Crippen LogP) is 1.23. The second kappa shape index (κ2) is 3.89. The molecule has 0 saturated carbocycles. The molecule has 1 aliphatic heterocycles. The van der Waals surface area contributed by atoms with Crippen molar-refractivity contribution < 1.29 is 4.79 Å². The van der Waals surface area contributed by atoms with Crippen LogP contribution in [0.3, 0.4) is 0 Å². The predicted molar refractivity (Wildman–Crippen MR) is 57.8 cm³/mol. The molecule has 0 aromatic heterocycles. The number of carbonyl (C=O) groups excluding carboxylic acids is 1. The third-order valence-electron chi connectivity index (χ3n) is 3.60. The van der Waals surface area contributed by atoms with Gasteiger partial charge in [0.1, 0.15) is 0 Å². The molecule has 14 heavy (non-hydrogen) atoms. The van der Waals surface area contributed by atoms with Crippen molar-refractivity contribution >= 4 is 5.91 Å². The van der Waals surface area contributed by atoms with Gasteiger partial charge in [-0.1, -0.05) is 20.8 Å². The molecule has 0 aliphatic carbocycles. The Hall–Kier alpha value is -0.570. The van der Waals surface area contributed by atoms with E-state index in [1.54, 1.807) is 6.92 Å². The first-order chi connectivity index (χ1) is 6.37. The number of carbonyl (C=O) groups is 1. The molecular weight excluding hydrogens is 176 g/mol. The van der Waals surface area contributed by atoms with Crippen molar-refractivity contribution in [2.45, 2.75) is 40.2 Å². The maximum atomic E-state index is 11.7. The summed E-state index contributed by atoms with van der Waals surface area (Å²) in [5.41, 5.74) is 5.87. The Kier molecular flexibility index (Phi) is 3.20. The van der Waals surface area contributed by atoms with Gasteiger partial charge in [0.2, 0.25) is 5.91 Å². The van der Waals surface area contributed by atoms with Gasteiger partial charge in [-0.15, -0.1) is 0 Å². The molecule has 0 aromatic carbocycles. The summed E-state index contributed by atoms with van der Waals surface area (Å²) in [7, 11) is 0. The fourth-order valence-corrected chi connectivity index (χ4v) is 1.93. The van der Waals surface area contributed by atoms with Crippen LogP contribution in [0.4, 0.5) is 0 Å². The van der Waals surface area contributed by atoms with E-state index in [1.807, 2.05) is 4.90 Å². The van der Waals surface area contributed by atoms with Crippen LogP contribution >= 0.6 is 0 Å². The molecule has 0 radical (unpaired) electrons. The van der Waals surface area contributed by atoms with Gasteiger partial charge in [0.05, 0.1) is 6.04 Å². The van der Waals surface area contributed by atoms with Crippen LogP contribution in [0, 0.1) is 11.3 Å². The molecular formula is C11H22N2O. The van der Waals surface area contributed by atoms with E-state index in [-0.39, 0.29) is 17.4 Å². The minimum Gasteiger partial charge on any atom is -0.341 e. The first kappa shape index (κ1) is 11.5. The fraction of sp³-hybridized carbons (Fsp3) is 0.909. The van der Waals surface area contributed by atoms with Gasteiger partial charge in [-0.2, -0.15) is 0 Å². The average Bonchev–Trinajstić information content (AvgIpc) is 2.48. The Morgan fingerprint density at radius 3 is 2.36 bits per heavy atom. The lowest BCUT2D eigenvalue weighted by molar-refractivity contribution is -0.131. The molecule has 1 heterocycles. The molecule has 82 valence electrons. The van der Waals surface area contributed by atoms with E-state index >= 15 is 0 Å². The number of nitrogens with zero attached hydrogens (tertiary/aromatic N) is 1. The van der Waals surface area contributed by atoms with Crippen molar-refractivity contribution in [2.75, 3.05) is 13.1 Å². The highest BCUT2D eigenvalue weighted by atomic mass is 16.2. The highest BCUT2D eigenvalue weighted by Gasteiger charge is 2.38. The fourth-order valence-electron chi connectivity index (χ4n) is 1.93. The molecule has 1 amide bonds. The summed E-state index contributed by atoms with van der Waals surface area (Å²) >= 11 is 0. The SMILES string of the molecule is CC(C)[C@@]1(C)CCN(C(=O)[C@H](C)N)C1. The van der Waals surface area contributed by atoms with Crippen LogP contribution in [0.15, 0.2) is 0 Å². The average molecular weight is 198 g/mol. The van der Waals surface area contributed by atoms with Crippen LogP contribution in [0.5, 0.6) is 0 Å². The monoisotopic (exact) mass is 198 g/mol. The summed E-state index contributed by atoms with van der Waals surface area (Å²) in [6.07, 6.45) is 1.10. The van der Waals surface area contributed by atoms with Crippen molar-refractivity contribution in [2.24, 2.45) is 17.1 Å². The molecule has 3 heteroatoms. The van der Waals surface area contributed by atoms with Crippen molar-refractivity contribution in [1.29, 1.82) is 0 Å². The third-order valence-corrected chi connectivity index (χ3v) is 3.60. The van der Waals surface area contributed by atoms with E-state index in [2.05, 4.69) is 20.8 Å². The van der Waals surface area contributed by atoms with Gasteiger partial charge >= 0.3 is 0 Å². The summed E-state index contributed by atoms with van der Waals surface area (Å²) in [5.74, 6) is 0.711. The lowest BCUT2D eigenvalue weighted by atomic mass is 9.78. The Bertz CT molecular complexity index is 225. The normalized spacial score (nSPS) is 29.7. The van der Waals surface area contributed by atoms with Crippen LogP contribution < -0.4 is 5.73 Å². The van der Waals surface area contributed by atoms with E-state index < -0.39 is 0 Å². The van der Waals surface area contributed by atoms with Gasteiger partial charge in [0.25, 0.3) is 0 Å². The van der Waals surface area contributed by atoms with Gasteiger partial charge in [-0.25, -0.2) is 0 Å². The number of hydrogen-bond acceptors (Lipinski definition) is 2. The molecule has 1 rings (SSSR count). The molecule has 0 spiro atoms. The number of likely N-dealkylation sites (tertiary alicyclic amines) is 1. The minimum atomic E-state index is -0.357. The zero-order chi connectivity index (χ0) is 10.9. The van der Waals surface area contributed by atoms with Gasteiger partial charge in [-0.05, 0) is 24.7 Å². The summed E-state index contributed by atoms with van der Waals surface area (Å²) in [6, 6.07) is -0.357. The molecule has 0 bridgehead atoms. The van der Waals surface area contributed by atoms with Crippen LogP contribution in [0.2, 0.25) is 0 Å². The summed E-state index contributed by atoms with van der Waals surface area (Å²) in [4.78, 5) is 13.6. The Labute approximate surface area is 86.6 Å². The first-order valence-corrected chi connectivity index (χ1v) is 5.41. The van der Waals surface area contributed by atoms with E-state index in [1.165, 1.54) is 0 Å². The number of amides is 1. The zero-order valence-electron chi connectivity index (χ0n) is 9.71. The maximum absolute atomic E-state index is 11.7. The van der Waals surface area contributed by atoms with E-state index in [0.717, 1.165) is 19.5 Å². The molecule has 1 saturated heterocycles. The van der Waals surface area contributed by atoms with Gasteiger partial charge in [-0.3, -0.25) is 4.79 Å². The standard InChI is InChI=1S/C11H22N2O/c1-8(2)11(4)5-6-13(7-11)10(14)9(3)12/h8-9H,5-7,12H2,1-4H3/t9-,11-/m0/s1. The Morgan fingerprint density at radius 2 is 2.00 bits per heavy atom. The zero-order valence-corrected chi connectivity index (χ0v) is 9.71. The molecule has 1 aliphatic rings. The Morgan fingerprint density at radius 1 is 1.43 bits per heavy atom. The number of hydrogen-bond donors (Lipinski definition) is 1. The second-order valence-corrected chi connectivity index (χ2v) is 5.11. The van der Waals surface area contributed by atoms with Crippen molar-refractivity contribution in [3.05, 3.63) is 0 Å². The van der Waals surface area contributed by atoms with Gasteiger partial charge in [0, 0.05) is 13.1 Å². The third kappa shape index (κ3) is 2.08. The maximum Gasteiger partial charge on any atom is 0.239 e. The number of rotatable bonds is 2. The molecule has 0 unspecified atom stereocenters. The lowest BCUT2D eigenvalue weighted by Crippen LogP contribution is -2.42. The largest absolute Gasteiger partial charge is 0.341 e. The molecule has 2 N–H and O–H groups in total. The molecule has 2 atom stereocenters. The first-order valence-electron chi connectivity index (χ1n) is 5.41. The molecule has 1 fully saturated rings. The van der Waals surface area contributed by atoms with Crippen LogP contribution in [0.1, 0.15) is 34.1 Å². The molecule has 3 nitrogen and oxygen atoms in total. The van der Waals surface area contributed by atoms with Crippen LogP contribution in [0.25, 0.3) is 0 Å². The topological polar surface area (TPSA) is 46.3 Å². The van der Waals surface area contributed by atoms with Crippen molar-refractivity contribution in [3.63, 3.8) is 0 Å². The van der Waals surface area contributed by atoms with E-state index in [9.17, 15) is 4.79 Å². The van der Waals surface area contributed by atoms with Crippen LogP contribution in [-0.4, -0.2) is 29.9 Å². The van der Waals surface area contributed by atoms with Gasteiger partial charge < -0.3 is 10.6 Å². The highest BCUT2D eigenvalue weighted by Crippen LogP contribution is 2.37. The van der Waals surface area contributed by atoms with Crippen molar-refractivity contribution in [3.8, 4) is 0 Å². The van der Waals surface area contributed by atoms with Gasteiger partial charge in [0.15, 0.2) is 0 Å². The lowest BCUT2D eigenvalue weighted by Gasteiger charge is -2.29. The number of nitrogens with two attached hydrogens (primary N) is 1. The minimum absolute atomic E-state index is 0.0920. The Balaban J connectivity index is 2.61. The van der Waals surface area contributed by atoms with Crippen LogP contribution in [-0.2, 0) is 4.79 Å². The van der Waals surface area contributed by atoms with E-state index in [4.69, 9.17) is 5.73 Å². The smallest absolute Gasteiger partial charge is 0.239 e. The quantitative estimate of drug-likeness (QED) is 0.725. The van der Waals surface area contributed by atoms with Crippen molar-refractivity contribution in [1.82, 2.24) is 4.90 Å². The van der Waals surface area contributed by atoms with E-state index in [0.29, 0.717) is 5.92 Å².